The van der Waals surface area contributed by atoms with E-state index >= 15 is 0 Å². The fourth-order valence-corrected chi connectivity index (χ4v) is 4.80. The van der Waals surface area contributed by atoms with Gasteiger partial charge in [0.1, 0.15) is 4.21 Å². The van der Waals surface area contributed by atoms with Crippen molar-refractivity contribution in [3.8, 4) is 0 Å². The second-order valence-electron chi connectivity index (χ2n) is 3.67. The molecule has 0 bridgehead atoms. The molecule has 1 aromatic rings. The molecule has 0 atom stereocenters. The number of sulfonamides is 1. The van der Waals surface area contributed by atoms with E-state index in [-0.39, 0.29) is 0 Å². The van der Waals surface area contributed by atoms with Gasteiger partial charge in [-0.05, 0) is 25.0 Å². The first kappa shape index (κ1) is 15.0. The minimum absolute atomic E-state index is 0.325. The molecule has 0 amide bonds. The lowest BCUT2D eigenvalue weighted by molar-refractivity contribution is 0.430. The Morgan fingerprint density at radius 1 is 1.29 bits per heavy atom. The lowest BCUT2D eigenvalue weighted by Gasteiger charge is -2.19. The molecule has 0 saturated heterocycles. The maximum Gasteiger partial charge on any atom is 0.252 e. The van der Waals surface area contributed by atoms with E-state index in [1.807, 2.05) is 19.9 Å². The highest BCUT2D eigenvalue weighted by atomic mass is 35.5. The summed E-state index contributed by atoms with van der Waals surface area (Å²) in [6.45, 7) is 4.87. The summed E-state index contributed by atoms with van der Waals surface area (Å²) in [5.41, 5.74) is 0. The molecule has 0 aliphatic heterocycles. The predicted molar refractivity (Wildman–Crippen MR) is 73.5 cm³/mol. The van der Waals surface area contributed by atoms with Crippen LogP contribution in [-0.4, -0.2) is 31.7 Å². The average molecular weight is 296 g/mol. The molecule has 0 aromatic carbocycles. The van der Waals surface area contributed by atoms with E-state index in [0.717, 1.165) is 17.7 Å². The fraction of sp³-hybridized carbons (Fsp3) is 0.636. The van der Waals surface area contributed by atoms with E-state index in [1.165, 1.54) is 15.6 Å². The standard InChI is InChI=1S/C11H18ClNO2S2/c1-3-8-13(9-7-12)17(14,15)11-6-5-10(4-2)16-11/h5-6H,3-4,7-9H2,1-2H3. The molecule has 1 rings (SSSR count). The summed E-state index contributed by atoms with van der Waals surface area (Å²) >= 11 is 7.00. The monoisotopic (exact) mass is 295 g/mol. The van der Waals surface area contributed by atoms with Crippen LogP contribution in [0, 0.1) is 0 Å². The van der Waals surface area contributed by atoms with Crippen molar-refractivity contribution >= 4 is 33.0 Å². The molecule has 0 radical (unpaired) electrons. The highest BCUT2D eigenvalue weighted by molar-refractivity contribution is 7.91. The van der Waals surface area contributed by atoms with Gasteiger partial charge >= 0.3 is 0 Å². The summed E-state index contributed by atoms with van der Waals surface area (Å²) < 4.78 is 26.5. The van der Waals surface area contributed by atoms with E-state index < -0.39 is 10.0 Å². The number of rotatable bonds is 7. The molecular formula is C11H18ClNO2S2. The van der Waals surface area contributed by atoms with Crippen LogP contribution in [-0.2, 0) is 16.4 Å². The summed E-state index contributed by atoms with van der Waals surface area (Å²) in [6, 6.07) is 3.57. The number of thiophene rings is 1. The largest absolute Gasteiger partial charge is 0.252 e. The average Bonchev–Trinajstić information content (AvgIpc) is 2.78. The van der Waals surface area contributed by atoms with Gasteiger partial charge in [-0.25, -0.2) is 8.42 Å². The Labute approximate surface area is 112 Å². The molecular weight excluding hydrogens is 278 g/mol. The minimum Gasteiger partial charge on any atom is -0.206 e. The normalized spacial score (nSPS) is 12.2. The summed E-state index contributed by atoms with van der Waals surface area (Å²) in [5.74, 6) is 0.325. The fourth-order valence-electron chi connectivity index (χ4n) is 1.51. The van der Waals surface area contributed by atoms with Crippen LogP contribution >= 0.6 is 22.9 Å². The van der Waals surface area contributed by atoms with Gasteiger partial charge in [0.25, 0.3) is 10.0 Å². The third-order valence-corrected chi connectivity index (χ3v) is 6.15. The van der Waals surface area contributed by atoms with Crippen molar-refractivity contribution in [3.05, 3.63) is 17.0 Å². The zero-order valence-electron chi connectivity index (χ0n) is 10.1. The van der Waals surface area contributed by atoms with Gasteiger partial charge in [-0.3, -0.25) is 0 Å². The number of hydrogen-bond donors (Lipinski definition) is 0. The lowest BCUT2D eigenvalue weighted by Crippen LogP contribution is -2.33. The predicted octanol–water partition coefficient (Wildman–Crippen LogP) is 2.95. The lowest BCUT2D eigenvalue weighted by atomic mass is 10.4. The van der Waals surface area contributed by atoms with E-state index in [0.29, 0.717) is 23.2 Å². The summed E-state index contributed by atoms with van der Waals surface area (Å²) in [7, 11) is -3.35. The molecule has 0 aliphatic rings. The van der Waals surface area contributed by atoms with Gasteiger partial charge in [-0.1, -0.05) is 13.8 Å². The molecule has 0 unspecified atom stereocenters. The van der Waals surface area contributed by atoms with Gasteiger partial charge in [0, 0.05) is 23.8 Å². The second-order valence-corrected chi connectivity index (χ2v) is 7.38. The van der Waals surface area contributed by atoms with Crippen molar-refractivity contribution in [1.29, 1.82) is 0 Å². The Morgan fingerprint density at radius 3 is 2.47 bits per heavy atom. The van der Waals surface area contributed by atoms with Crippen molar-refractivity contribution in [1.82, 2.24) is 4.31 Å². The Bertz CT molecular complexity index is 436. The van der Waals surface area contributed by atoms with Crippen LogP contribution in [0.4, 0.5) is 0 Å². The Kier molecular flexibility index (Phi) is 5.92. The minimum atomic E-state index is -3.35. The van der Waals surface area contributed by atoms with Crippen LogP contribution in [0.1, 0.15) is 25.1 Å². The van der Waals surface area contributed by atoms with Crippen molar-refractivity contribution in [2.24, 2.45) is 0 Å². The van der Waals surface area contributed by atoms with Crippen LogP contribution in [0.15, 0.2) is 16.3 Å². The molecule has 0 N–H and O–H groups in total. The first-order valence-corrected chi connectivity index (χ1v) is 8.50. The Balaban J connectivity index is 2.98. The maximum atomic E-state index is 12.3. The van der Waals surface area contributed by atoms with E-state index in [9.17, 15) is 8.42 Å². The van der Waals surface area contributed by atoms with Crippen LogP contribution in [0.5, 0.6) is 0 Å². The smallest absolute Gasteiger partial charge is 0.206 e. The van der Waals surface area contributed by atoms with Crippen LogP contribution in [0.3, 0.4) is 0 Å². The summed E-state index contributed by atoms with van der Waals surface area (Å²) in [4.78, 5) is 1.09. The second kappa shape index (κ2) is 6.73. The molecule has 0 saturated carbocycles. The van der Waals surface area contributed by atoms with E-state index in [4.69, 9.17) is 11.6 Å². The van der Waals surface area contributed by atoms with E-state index in [2.05, 4.69) is 0 Å². The summed E-state index contributed by atoms with van der Waals surface area (Å²) in [5, 5.41) is 0. The molecule has 17 heavy (non-hydrogen) atoms. The van der Waals surface area contributed by atoms with Gasteiger partial charge in [0.05, 0.1) is 0 Å². The highest BCUT2D eigenvalue weighted by Crippen LogP contribution is 2.25. The Hall–Kier alpha value is -0.100. The van der Waals surface area contributed by atoms with E-state index in [1.54, 1.807) is 6.07 Å². The first-order chi connectivity index (χ1) is 8.06. The molecule has 3 nitrogen and oxygen atoms in total. The topological polar surface area (TPSA) is 37.4 Å². The zero-order chi connectivity index (χ0) is 12.9. The quantitative estimate of drug-likeness (QED) is 0.725. The van der Waals surface area contributed by atoms with Crippen molar-refractivity contribution in [3.63, 3.8) is 0 Å². The number of hydrogen-bond acceptors (Lipinski definition) is 3. The van der Waals surface area contributed by atoms with Crippen molar-refractivity contribution < 1.29 is 8.42 Å². The van der Waals surface area contributed by atoms with Gasteiger partial charge in [-0.15, -0.1) is 22.9 Å². The number of nitrogens with zero attached hydrogens (tertiary/aromatic N) is 1. The molecule has 98 valence electrons. The van der Waals surface area contributed by atoms with Gasteiger partial charge < -0.3 is 0 Å². The highest BCUT2D eigenvalue weighted by Gasteiger charge is 2.24. The van der Waals surface area contributed by atoms with Gasteiger partial charge in [0.2, 0.25) is 0 Å². The molecule has 1 heterocycles. The van der Waals surface area contributed by atoms with Gasteiger partial charge in [0.15, 0.2) is 0 Å². The third kappa shape index (κ3) is 3.68. The molecule has 0 aliphatic carbocycles. The maximum absolute atomic E-state index is 12.3. The van der Waals surface area contributed by atoms with Crippen LogP contribution < -0.4 is 0 Å². The van der Waals surface area contributed by atoms with Gasteiger partial charge in [-0.2, -0.15) is 4.31 Å². The molecule has 6 heteroatoms. The number of halogens is 1. The van der Waals surface area contributed by atoms with Crippen molar-refractivity contribution in [2.75, 3.05) is 19.0 Å². The SMILES string of the molecule is CCCN(CCCl)S(=O)(=O)c1ccc(CC)s1. The number of aryl methyl sites for hydroxylation is 1. The zero-order valence-corrected chi connectivity index (χ0v) is 12.5. The molecule has 0 fully saturated rings. The summed E-state index contributed by atoms with van der Waals surface area (Å²) in [6.07, 6.45) is 1.66. The third-order valence-electron chi connectivity index (χ3n) is 2.39. The Morgan fingerprint density at radius 2 is 2.00 bits per heavy atom. The molecule has 1 aromatic heterocycles. The van der Waals surface area contributed by atoms with Crippen LogP contribution in [0.2, 0.25) is 0 Å². The van der Waals surface area contributed by atoms with Crippen molar-refractivity contribution in [2.45, 2.75) is 30.9 Å². The molecule has 0 spiro atoms. The first-order valence-electron chi connectivity index (χ1n) is 5.71. The number of alkyl halides is 1. The van der Waals surface area contributed by atoms with Crippen LogP contribution in [0.25, 0.3) is 0 Å².